The fraction of sp³-hybridized carbons (Fsp3) is 0.0417. The SMILES string of the molecule is c1ccc2c(c1)-c1ccccc1C13c4cccc5c4c(cc4c6ccccc6cnc54)C21c1cccc2c1c3cc1c3ccccc3cnc21. The van der Waals surface area contributed by atoms with Gasteiger partial charge in [0, 0.05) is 44.7 Å². The van der Waals surface area contributed by atoms with E-state index in [0.29, 0.717) is 0 Å². The molecule has 3 aliphatic carbocycles. The molecule has 0 spiro atoms. The van der Waals surface area contributed by atoms with Gasteiger partial charge in [-0.25, -0.2) is 0 Å². The summed E-state index contributed by atoms with van der Waals surface area (Å²) in [7, 11) is 0. The minimum absolute atomic E-state index is 0.514. The zero-order chi connectivity index (χ0) is 32.3. The maximum atomic E-state index is 5.19. The van der Waals surface area contributed by atoms with Gasteiger partial charge >= 0.3 is 0 Å². The van der Waals surface area contributed by atoms with Crippen molar-refractivity contribution < 1.29 is 0 Å². The summed E-state index contributed by atoms with van der Waals surface area (Å²) in [5.41, 5.74) is 12.0. The summed E-state index contributed by atoms with van der Waals surface area (Å²) in [6.07, 6.45) is 4.10. The molecular formula is C48H26N2. The van der Waals surface area contributed by atoms with Crippen LogP contribution in [0.5, 0.6) is 0 Å². The molecule has 2 nitrogen and oxygen atoms in total. The molecule has 0 radical (unpaired) electrons. The van der Waals surface area contributed by atoms with Crippen LogP contribution in [0.2, 0.25) is 0 Å². The van der Waals surface area contributed by atoms with Gasteiger partial charge in [0.2, 0.25) is 0 Å². The quantitative estimate of drug-likeness (QED) is 0.156. The summed E-state index contributed by atoms with van der Waals surface area (Å²) in [6, 6.07) is 55.0. The number of hydrogen-bond donors (Lipinski definition) is 0. The van der Waals surface area contributed by atoms with Crippen LogP contribution in [0.1, 0.15) is 33.4 Å². The molecule has 2 atom stereocenters. The highest BCUT2D eigenvalue weighted by molar-refractivity contribution is 6.23. The molecule has 0 aliphatic heterocycles. The van der Waals surface area contributed by atoms with E-state index in [1.54, 1.807) is 0 Å². The zero-order valence-corrected chi connectivity index (χ0v) is 26.9. The molecule has 0 saturated heterocycles. The third kappa shape index (κ3) is 2.53. The first-order valence-electron chi connectivity index (χ1n) is 17.5. The molecule has 2 unspecified atom stereocenters. The van der Waals surface area contributed by atoms with Gasteiger partial charge in [0.05, 0.1) is 21.9 Å². The fourth-order valence-electron chi connectivity index (χ4n) is 11.0. The number of rotatable bonds is 0. The predicted molar refractivity (Wildman–Crippen MR) is 205 cm³/mol. The lowest BCUT2D eigenvalue weighted by molar-refractivity contribution is 0.461. The van der Waals surface area contributed by atoms with E-state index < -0.39 is 10.8 Å². The Morgan fingerprint density at radius 2 is 0.720 bits per heavy atom. The van der Waals surface area contributed by atoms with Crippen molar-refractivity contribution in [1.29, 1.82) is 0 Å². The molecule has 0 amide bonds. The van der Waals surface area contributed by atoms with E-state index >= 15 is 0 Å². The third-order valence-corrected chi connectivity index (χ3v) is 12.6. The lowest BCUT2D eigenvalue weighted by atomic mass is 9.50. The largest absolute Gasteiger partial charge is 0.255 e. The minimum Gasteiger partial charge on any atom is -0.255 e. The number of pyridine rings is 2. The molecule has 0 fully saturated rings. The molecule has 10 aromatic rings. The van der Waals surface area contributed by atoms with E-state index in [-0.39, 0.29) is 0 Å². The van der Waals surface area contributed by atoms with E-state index in [1.165, 1.54) is 98.4 Å². The molecule has 0 saturated carbocycles. The molecule has 3 aliphatic rings. The van der Waals surface area contributed by atoms with Crippen LogP contribution < -0.4 is 0 Å². The molecule has 2 heteroatoms. The molecule has 0 N–H and O–H groups in total. The van der Waals surface area contributed by atoms with E-state index in [1.807, 2.05) is 0 Å². The van der Waals surface area contributed by atoms with Crippen molar-refractivity contribution in [3.63, 3.8) is 0 Å². The van der Waals surface area contributed by atoms with Crippen molar-refractivity contribution >= 4 is 64.9 Å². The van der Waals surface area contributed by atoms with Gasteiger partial charge in [-0.3, -0.25) is 9.97 Å². The Bertz CT molecular complexity index is 3010. The Morgan fingerprint density at radius 1 is 0.320 bits per heavy atom. The Morgan fingerprint density at radius 3 is 1.22 bits per heavy atom. The molecule has 0 bridgehead atoms. The van der Waals surface area contributed by atoms with Crippen molar-refractivity contribution in [2.45, 2.75) is 10.8 Å². The number of hydrogen-bond acceptors (Lipinski definition) is 2. The molecule has 2 aromatic heterocycles. The first-order chi connectivity index (χ1) is 24.8. The Hall–Kier alpha value is -6.38. The molecule has 2 heterocycles. The molecule has 50 heavy (non-hydrogen) atoms. The predicted octanol–water partition coefficient (Wildman–Crippen LogP) is 11.4. The Balaban J connectivity index is 1.36. The summed E-state index contributed by atoms with van der Waals surface area (Å²) in [5, 5.41) is 12.4. The lowest BCUT2D eigenvalue weighted by Gasteiger charge is -2.50. The Kier molecular flexibility index (Phi) is 4.31. The molecule has 13 rings (SSSR count). The van der Waals surface area contributed by atoms with Crippen LogP contribution >= 0.6 is 0 Å². The van der Waals surface area contributed by atoms with Gasteiger partial charge < -0.3 is 0 Å². The second-order valence-electron chi connectivity index (χ2n) is 14.4. The van der Waals surface area contributed by atoms with E-state index in [9.17, 15) is 0 Å². The second kappa shape index (κ2) is 8.42. The van der Waals surface area contributed by atoms with Crippen LogP contribution in [0.4, 0.5) is 0 Å². The van der Waals surface area contributed by atoms with Gasteiger partial charge in [-0.15, -0.1) is 0 Å². The van der Waals surface area contributed by atoms with Gasteiger partial charge in [0.25, 0.3) is 0 Å². The van der Waals surface area contributed by atoms with Gasteiger partial charge in [0.1, 0.15) is 0 Å². The highest BCUT2D eigenvalue weighted by Gasteiger charge is 2.69. The van der Waals surface area contributed by atoms with Gasteiger partial charge in [-0.1, -0.05) is 133 Å². The number of aromatic nitrogens is 2. The summed E-state index contributed by atoms with van der Waals surface area (Å²) in [4.78, 5) is 10.4. The zero-order valence-electron chi connectivity index (χ0n) is 26.9. The fourth-order valence-corrected chi connectivity index (χ4v) is 11.0. The van der Waals surface area contributed by atoms with Crippen molar-refractivity contribution in [1.82, 2.24) is 9.97 Å². The van der Waals surface area contributed by atoms with Crippen LogP contribution in [0, 0.1) is 0 Å². The average molecular weight is 631 g/mol. The van der Waals surface area contributed by atoms with Crippen molar-refractivity contribution in [2.24, 2.45) is 0 Å². The first-order valence-corrected chi connectivity index (χ1v) is 17.5. The van der Waals surface area contributed by atoms with Crippen LogP contribution in [-0.4, -0.2) is 9.97 Å². The minimum atomic E-state index is -0.514. The highest BCUT2D eigenvalue weighted by atomic mass is 14.7. The first kappa shape index (κ1) is 25.6. The van der Waals surface area contributed by atoms with Gasteiger partial charge in [0.15, 0.2) is 0 Å². The van der Waals surface area contributed by atoms with Gasteiger partial charge in [-0.05, 0) is 78.2 Å². The van der Waals surface area contributed by atoms with E-state index in [4.69, 9.17) is 9.97 Å². The topological polar surface area (TPSA) is 25.8 Å². The number of fused-ring (bicyclic) bond motifs is 11. The van der Waals surface area contributed by atoms with Crippen molar-refractivity contribution in [3.8, 4) is 11.1 Å². The molecule has 8 aromatic carbocycles. The molecule has 228 valence electrons. The number of nitrogens with zero attached hydrogens (tertiary/aromatic N) is 2. The van der Waals surface area contributed by atoms with Crippen LogP contribution in [0.25, 0.3) is 76.0 Å². The normalized spacial score (nSPS) is 19.4. The number of benzene rings is 8. The highest BCUT2D eigenvalue weighted by Crippen LogP contribution is 2.75. The van der Waals surface area contributed by atoms with Crippen molar-refractivity contribution in [3.05, 3.63) is 191 Å². The summed E-state index contributed by atoms with van der Waals surface area (Å²) in [5.74, 6) is 0. The van der Waals surface area contributed by atoms with Crippen LogP contribution in [-0.2, 0) is 10.8 Å². The average Bonchev–Trinajstić information content (AvgIpc) is 3.61. The second-order valence-corrected chi connectivity index (χ2v) is 14.4. The third-order valence-electron chi connectivity index (χ3n) is 12.6. The summed E-state index contributed by atoms with van der Waals surface area (Å²) >= 11 is 0. The lowest BCUT2D eigenvalue weighted by Crippen LogP contribution is -2.48. The summed E-state index contributed by atoms with van der Waals surface area (Å²) < 4.78 is 0. The maximum Gasteiger partial charge on any atom is 0.0787 e. The van der Waals surface area contributed by atoms with Gasteiger partial charge in [-0.2, -0.15) is 0 Å². The standard InChI is InChI=1S/C48H26N2/c1-3-13-29-27(11-1)25-49-45-33-17-9-21-39-43(33)41(23-35(29)45)47-37-19-7-5-15-31(37)32-16-6-8-20-38(32)48(39,47)42-24-36-30-14-4-2-12-28(30)26-50-46(36)34-18-10-22-40(47)44(34)42/h1-26H. The molecular weight excluding hydrogens is 605 g/mol. The van der Waals surface area contributed by atoms with Crippen LogP contribution in [0.15, 0.2) is 158 Å². The van der Waals surface area contributed by atoms with Crippen LogP contribution in [0.3, 0.4) is 0 Å². The smallest absolute Gasteiger partial charge is 0.0787 e. The Labute approximate surface area is 287 Å². The monoisotopic (exact) mass is 630 g/mol. The maximum absolute atomic E-state index is 5.19. The van der Waals surface area contributed by atoms with Crippen molar-refractivity contribution in [2.75, 3.05) is 0 Å². The van der Waals surface area contributed by atoms with E-state index in [2.05, 4.69) is 158 Å². The summed E-state index contributed by atoms with van der Waals surface area (Å²) in [6.45, 7) is 0. The van der Waals surface area contributed by atoms with E-state index in [0.717, 1.165) is 11.0 Å².